The highest BCUT2D eigenvalue weighted by Gasteiger charge is 2.36. The maximum atomic E-state index is 13.9. The molecule has 2 aliphatic heterocycles. The molecule has 0 saturated carbocycles. The Labute approximate surface area is 262 Å². The molecule has 230 valence electrons. The molecule has 1 saturated heterocycles. The van der Waals surface area contributed by atoms with E-state index in [0.717, 1.165) is 35.3 Å². The van der Waals surface area contributed by atoms with Crippen LogP contribution in [0.4, 0.5) is 11.4 Å². The number of rotatable bonds is 11. The molecule has 2 atom stereocenters. The van der Waals surface area contributed by atoms with Crippen LogP contribution in [0.5, 0.6) is 11.5 Å². The minimum absolute atomic E-state index is 0.0377. The Morgan fingerprint density at radius 3 is 2.33 bits per heavy atom. The van der Waals surface area contributed by atoms with E-state index in [1.54, 1.807) is 7.11 Å². The number of carbonyl (C=O) groups is 1. The zero-order valence-electron chi connectivity index (χ0n) is 26.3. The molecule has 7 heteroatoms. The quantitative estimate of drug-likeness (QED) is 0.224. The number of hydrogen-bond acceptors (Lipinski definition) is 5. The van der Waals surface area contributed by atoms with Crippen LogP contribution < -0.4 is 19.3 Å². The summed E-state index contributed by atoms with van der Waals surface area (Å²) in [6.07, 6.45) is 4.93. The standard InChI is InChI=1S/C36H46ClN3O3/c1-6-18-39-19-16-26(17-20-39)24-38(4)30-12-14-31(15-13-30)40-35(41)22-28-21-33(42-5)34(43-25(3)7-2)23-32(28)36(40)27-8-10-29(37)11-9-27/h8-15,21,23,25-26,36H,6-7,16-20,22,24H2,1-5H3/t25-,36?/m1/s1. The van der Waals surface area contributed by atoms with Crippen LogP contribution in [-0.2, 0) is 11.2 Å². The third-order valence-corrected chi connectivity index (χ3v) is 9.28. The Morgan fingerprint density at radius 1 is 1.00 bits per heavy atom. The fraction of sp³-hybridized carbons (Fsp3) is 0.472. The van der Waals surface area contributed by atoms with E-state index in [2.05, 4.69) is 68.0 Å². The van der Waals surface area contributed by atoms with Crippen molar-refractivity contribution in [3.63, 3.8) is 0 Å². The molecule has 0 aliphatic carbocycles. The van der Waals surface area contributed by atoms with Gasteiger partial charge in [0, 0.05) is 30.0 Å². The lowest BCUT2D eigenvalue weighted by Crippen LogP contribution is -2.41. The number of halogens is 1. The number of hydrogen-bond donors (Lipinski definition) is 0. The average Bonchev–Trinajstić information content (AvgIpc) is 3.02. The Hall–Kier alpha value is -3.22. The fourth-order valence-electron chi connectivity index (χ4n) is 6.44. The third kappa shape index (κ3) is 7.13. The van der Waals surface area contributed by atoms with E-state index >= 15 is 0 Å². The number of carbonyl (C=O) groups excluding carboxylic acids is 1. The normalized spacial score (nSPS) is 18.3. The number of methoxy groups -OCH3 is 1. The minimum Gasteiger partial charge on any atom is -0.493 e. The molecule has 3 aromatic rings. The first-order valence-corrected chi connectivity index (χ1v) is 16.2. The van der Waals surface area contributed by atoms with Crippen LogP contribution in [0.1, 0.15) is 69.2 Å². The van der Waals surface area contributed by atoms with Crippen molar-refractivity contribution >= 4 is 28.9 Å². The summed E-state index contributed by atoms with van der Waals surface area (Å²) >= 11 is 6.28. The molecule has 3 aromatic carbocycles. The number of likely N-dealkylation sites (tertiary alicyclic amines) is 1. The monoisotopic (exact) mass is 603 g/mol. The number of ether oxygens (including phenoxy) is 2. The highest BCUT2D eigenvalue weighted by Crippen LogP contribution is 2.44. The lowest BCUT2D eigenvalue weighted by molar-refractivity contribution is -0.118. The van der Waals surface area contributed by atoms with Gasteiger partial charge in [-0.05, 0) is 123 Å². The summed E-state index contributed by atoms with van der Waals surface area (Å²) < 4.78 is 12.0. The molecular weight excluding hydrogens is 558 g/mol. The second kappa shape index (κ2) is 14.0. The van der Waals surface area contributed by atoms with Gasteiger partial charge in [-0.2, -0.15) is 0 Å². The smallest absolute Gasteiger partial charge is 0.232 e. The lowest BCUT2D eigenvalue weighted by Gasteiger charge is -2.38. The van der Waals surface area contributed by atoms with Gasteiger partial charge in [-0.1, -0.05) is 37.6 Å². The molecule has 1 amide bonds. The first-order valence-electron chi connectivity index (χ1n) is 15.8. The van der Waals surface area contributed by atoms with Crippen molar-refractivity contribution in [2.75, 3.05) is 50.1 Å². The second-order valence-electron chi connectivity index (χ2n) is 12.1. The summed E-state index contributed by atoms with van der Waals surface area (Å²) in [5, 5.41) is 0.664. The highest BCUT2D eigenvalue weighted by molar-refractivity contribution is 6.30. The predicted octanol–water partition coefficient (Wildman–Crippen LogP) is 7.76. The minimum atomic E-state index is -0.324. The molecule has 43 heavy (non-hydrogen) atoms. The molecule has 0 bridgehead atoms. The maximum Gasteiger partial charge on any atom is 0.232 e. The van der Waals surface area contributed by atoms with Crippen molar-refractivity contribution in [3.8, 4) is 11.5 Å². The summed E-state index contributed by atoms with van der Waals surface area (Å²) in [7, 11) is 3.82. The highest BCUT2D eigenvalue weighted by atomic mass is 35.5. The van der Waals surface area contributed by atoms with Gasteiger partial charge >= 0.3 is 0 Å². The number of amides is 1. The van der Waals surface area contributed by atoms with Gasteiger partial charge in [-0.15, -0.1) is 0 Å². The van der Waals surface area contributed by atoms with E-state index in [1.807, 2.05) is 35.2 Å². The summed E-state index contributed by atoms with van der Waals surface area (Å²) in [4.78, 5) is 20.8. The van der Waals surface area contributed by atoms with Gasteiger partial charge in [0.05, 0.1) is 25.7 Å². The molecule has 0 spiro atoms. The summed E-state index contributed by atoms with van der Waals surface area (Å²) in [5.41, 5.74) is 5.03. The Bertz CT molecular complexity index is 1370. The summed E-state index contributed by atoms with van der Waals surface area (Å²) in [6.45, 7) is 11.1. The lowest BCUT2D eigenvalue weighted by atomic mass is 9.86. The average molecular weight is 604 g/mol. The zero-order chi connectivity index (χ0) is 30.5. The summed E-state index contributed by atoms with van der Waals surface area (Å²) in [5.74, 6) is 2.10. The molecule has 2 aliphatic rings. The molecule has 2 heterocycles. The molecule has 5 rings (SSSR count). The van der Waals surface area contributed by atoms with Crippen LogP contribution >= 0.6 is 11.6 Å². The number of benzene rings is 3. The predicted molar refractivity (Wildman–Crippen MR) is 177 cm³/mol. The maximum absolute atomic E-state index is 13.9. The van der Waals surface area contributed by atoms with E-state index in [4.69, 9.17) is 21.1 Å². The van der Waals surface area contributed by atoms with Crippen molar-refractivity contribution in [1.29, 1.82) is 0 Å². The van der Waals surface area contributed by atoms with Gasteiger partial charge in [0.2, 0.25) is 5.91 Å². The van der Waals surface area contributed by atoms with E-state index in [0.29, 0.717) is 22.4 Å². The molecule has 0 N–H and O–H groups in total. The SMILES string of the molecule is CCCN1CCC(CN(C)c2ccc(N3C(=O)Cc4cc(OC)c(O[C@H](C)CC)cc4C3c3ccc(Cl)cc3)cc2)CC1. The van der Waals surface area contributed by atoms with Crippen LogP contribution in [0.2, 0.25) is 5.02 Å². The van der Waals surface area contributed by atoms with Crippen LogP contribution in [0, 0.1) is 5.92 Å². The van der Waals surface area contributed by atoms with Crippen molar-refractivity contribution in [1.82, 2.24) is 4.90 Å². The molecule has 0 radical (unpaired) electrons. The Kier molecular flexibility index (Phi) is 10.2. The fourth-order valence-corrected chi connectivity index (χ4v) is 6.57. The van der Waals surface area contributed by atoms with Crippen molar-refractivity contribution in [2.24, 2.45) is 5.92 Å². The largest absolute Gasteiger partial charge is 0.493 e. The molecule has 1 unspecified atom stereocenters. The Balaban J connectivity index is 1.44. The number of fused-ring (bicyclic) bond motifs is 1. The molecule has 0 aromatic heterocycles. The number of anilines is 2. The van der Waals surface area contributed by atoms with Gasteiger partial charge in [0.25, 0.3) is 0 Å². The van der Waals surface area contributed by atoms with Gasteiger partial charge in [0.15, 0.2) is 11.5 Å². The van der Waals surface area contributed by atoms with Gasteiger partial charge < -0.3 is 24.2 Å². The van der Waals surface area contributed by atoms with Crippen LogP contribution in [0.3, 0.4) is 0 Å². The van der Waals surface area contributed by atoms with E-state index < -0.39 is 0 Å². The van der Waals surface area contributed by atoms with Gasteiger partial charge in [-0.25, -0.2) is 0 Å². The first-order chi connectivity index (χ1) is 20.8. The first kappa shape index (κ1) is 31.2. The van der Waals surface area contributed by atoms with E-state index in [-0.39, 0.29) is 24.5 Å². The van der Waals surface area contributed by atoms with Crippen LogP contribution in [0.15, 0.2) is 60.7 Å². The number of piperidine rings is 1. The van der Waals surface area contributed by atoms with Crippen molar-refractivity contribution in [3.05, 3.63) is 82.4 Å². The molecule has 1 fully saturated rings. The van der Waals surface area contributed by atoms with Crippen molar-refractivity contribution < 1.29 is 14.3 Å². The van der Waals surface area contributed by atoms with Crippen LogP contribution in [-0.4, -0.2) is 57.2 Å². The molecular formula is C36H46ClN3O3. The Morgan fingerprint density at radius 2 is 1.70 bits per heavy atom. The second-order valence-corrected chi connectivity index (χ2v) is 12.6. The topological polar surface area (TPSA) is 45.2 Å². The van der Waals surface area contributed by atoms with Gasteiger partial charge in [-0.3, -0.25) is 4.79 Å². The molecule has 6 nitrogen and oxygen atoms in total. The van der Waals surface area contributed by atoms with E-state index in [9.17, 15) is 4.79 Å². The van der Waals surface area contributed by atoms with Gasteiger partial charge in [0.1, 0.15) is 0 Å². The number of nitrogens with zero attached hydrogens (tertiary/aromatic N) is 3. The summed E-state index contributed by atoms with van der Waals surface area (Å²) in [6, 6.07) is 20.0. The van der Waals surface area contributed by atoms with Crippen LogP contribution in [0.25, 0.3) is 0 Å². The third-order valence-electron chi connectivity index (χ3n) is 9.03. The van der Waals surface area contributed by atoms with E-state index in [1.165, 1.54) is 44.6 Å². The zero-order valence-corrected chi connectivity index (χ0v) is 27.1. The van der Waals surface area contributed by atoms with Crippen molar-refractivity contribution in [2.45, 2.75) is 65.0 Å².